The highest BCUT2D eigenvalue weighted by Crippen LogP contribution is 2.34. The fraction of sp³-hybridized carbons (Fsp3) is 0.250. The summed E-state index contributed by atoms with van der Waals surface area (Å²) >= 11 is 10.6. The maximum atomic E-state index is 3.58. The Morgan fingerprint density at radius 3 is 2.15 bits per heavy atom. The monoisotopic (exact) mass is 459 g/mol. The van der Waals surface area contributed by atoms with Crippen LogP contribution in [0.3, 0.4) is 0 Å². The van der Waals surface area contributed by atoms with Gasteiger partial charge in [-0.3, -0.25) is 0 Å². The minimum absolute atomic E-state index is 0.978. The van der Waals surface area contributed by atoms with E-state index in [1.54, 1.807) is 0 Å². The molecule has 0 aliphatic rings. The maximum Gasteiger partial charge on any atom is 0.0629 e. The molecule has 2 aromatic rings. The van der Waals surface area contributed by atoms with E-state index in [0.29, 0.717) is 0 Å². The molecule has 106 valence electrons. The zero-order chi connectivity index (χ0) is 14.4. The van der Waals surface area contributed by atoms with E-state index in [1.165, 1.54) is 12.0 Å². The van der Waals surface area contributed by atoms with E-state index in [0.717, 1.165) is 38.5 Å². The van der Waals surface area contributed by atoms with Crippen molar-refractivity contribution in [1.82, 2.24) is 0 Å². The molecule has 0 atom stereocenters. The third-order valence-electron chi connectivity index (χ3n) is 3.04. The second-order valence-corrected chi connectivity index (χ2v) is 7.24. The third-order valence-corrected chi connectivity index (χ3v) is 4.75. The molecular formula is C16H16Br3N. The number of rotatable bonds is 6. The van der Waals surface area contributed by atoms with Gasteiger partial charge in [0.1, 0.15) is 0 Å². The number of benzene rings is 2. The van der Waals surface area contributed by atoms with Crippen molar-refractivity contribution in [3.8, 4) is 0 Å². The lowest BCUT2D eigenvalue weighted by Gasteiger charge is -2.11. The summed E-state index contributed by atoms with van der Waals surface area (Å²) in [7, 11) is 0. The number of aryl methyl sites for hydroxylation is 1. The van der Waals surface area contributed by atoms with Crippen molar-refractivity contribution in [2.75, 3.05) is 11.9 Å². The fourth-order valence-corrected chi connectivity index (χ4v) is 4.56. The number of nitrogens with one attached hydrogen (secondary N) is 1. The Bertz CT molecular complexity index is 532. The van der Waals surface area contributed by atoms with Crippen molar-refractivity contribution in [3.63, 3.8) is 0 Å². The van der Waals surface area contributed by atoms with E-state index in [2.05, 4.69) is 95.6 Å². The number of hydrogen-bond acceptors (Lipinski definition) is 1. The summed E-state index contributed by atoms with van der Waals surface area (Å²) in [6, 6.07) is 14.7. The molecule has 2 rings (SSSR count). The molecule has 0 saturated heterocycles. The second kappa shape index (κ2) is 8.20. The lowest BCUT2D eigenvalue weighted by Crippen LogP contribution is -2.03. The van der Waals surface area contributed by atoms with Crippen LogP contribution in [0.15, 0.2) is 55.9 Å². The molecule has 0 fully saturated rings. The highest BCUT2D eigenvalue weighted by Gasteiger charge is 2.05. The molecule has 0 bridgehead atoms. The quantitative estimate of drug-likeness (QED) is 0.490. The summed E-state index contributed by atoms with van der Waals surface area (Å²) in [6.45, 7) is 0.978. The summed E-state index contributed by atoms with van der Waals surface area (Å²) in [5, 5.41) is 3.48. The second-order valence-electron chi connectivity index (χ2n) is 4.61. The van der Waals surface area contributed by atoms with Crippen LogP contribution in [0, 0.1) is 0 Å². The lowest BCUT2D eigenvalue weighted by molar-refractivity contribution is 0.763. The Balaban J connectivity index is 1.76. The first-order chi connectivity index (χ1) is 9.66. The Labute approximate surface area is 145 Å². The van der Waals surface area contributed by atoms with Gasteiger partial charge in [-0.25, -0.2) is 0 Å². The van der Waals surface area contributed by atoms with Gasteiger partial charge in [-0.15, -0.1) is 0 Å². The van der Waals surface area contributed by atoms with Crippen molar-refractivity contribution in [1.29, 1.82) is 0 Å². The van der Waals surface area contributed by atoms with Gasteiger partial charge in [0.2, 0.25) is 0 Å². The van der Waals surface area contributed by atoms with Crippen molar-refractivity contribution in [2.45, 2.75) is 19.3 Å². The van der Waals surface area contributed by atoms with Gasteiger partial charge in [-0.05, 0) is 68.8 Å². The van der Waals surface area contributed by atoms with Gasteiger partial charge in [0.05, 0.1) is 5.69 Å². The first kappa shape index (κ1) is 16.1. The number of halogens is 3. The predicted octanol–water partition coefficient (Wildman–Crippen LogP) is 6.41. The smallest absolute Gasteiger partial charge is 0.0629 e. The fourth-order valence-electron chi connectivity index (χ4n) is 2.02. The van der Waals surface area contributed by atoms with Crippen molar-refractivity contribution >= 4 is 53.5 Å². The molecule has 0 aliphatic heterocycles. The molecule has 4 heteroatoms. The van der Waals surface area contributed by atoms with E-state index in [1.807, 2.05) is 0 Å². The zero-order valence-electron chi connectivity index (χ0n) is 11.0. The van der Waals surface area contributed by atoms with Crippen LogP contribution in [0.5, 0.6) is 0 Å². The van der Waals surface area contributed by atoms with Crippen LogP contribution in [0.4, 0.5) is 5.69 Å². The molecule has 20 heavy (non-hydrogen) atoms. The molecule has 0 heterocycles. The molecule has 0 aliphatic carbocycles. The Morgan fingerprint density at radius 2 is 1.50 bits per heavy atom. The van der Waals surface area contributed by atoms with Crippen molar-refractivity contribution < 1.29 is 0 Å². The van der Waals surface area contributed by atoms with Gasteiger partial charge >= 0.3 is 0 Å². The number of hydrogen-bond donors (Lipinski definition) is 1. The largest absolute Gasteiger partial charge is 0.383 e. The minimum atomic E-state index is 0.978. The van der Waals surface area contributed by atoms with Crippen LogP contribution in [-0.4, -0.2) is 6.54 Å². The molecule has 0 amide bonds. The highest BCUT2D eigenvalue weighted by atomic mass is 79.9. The molecule has 1 N–H and O–H groups in total. The molecule has 0 unspecified atom stereocenters. The Morgan fingerprint density at radius 1 is 0.850 bits per heavy atom. The Kier molecular flexibility index (Phi) is 6.59. The molecular weight excluding hydrogens is 446 g/mol. The summed E-state index contributed by atoms with van der Waals surface area (Å²) < 4.78 is 3.20. The van der Waals surface area contributed by atoms with Crippen LogP contribution >= 0.6 is 47.8 Å². The van der Waals surface area contributed by atoms with E-state index < -0.39 is 0 Å². The molecule has 0 spiro atoms. The summed E-state index contributed by atoms with van der Waals surface area (Å²) in [5.41, 5.74) is 2.53. The van der Waals surface area contributed by atoms with Crippen LogP contribution in [0.25, 0.3) is 0 Å². The summed E-state index contributed by atoms with van der Waals surface area (Å²) in [4.78, 5) is 0. The molecule has 0 saturated carbocycles. The zero-order valence-corrected chi connectivity index (χ0v) is 15.8. The van der Waals surface area contributed by atoms with Gasteiger partial charge in [-0.2, -0.15) is 0 Å². The van der Waals surface area contributed by atoms with Crippen molar-refractivity contribution in [2.24, 2.45) is 0 Å². The standard InChI is InChI=1S/C16H16Br3N/c17-13-10-14(18)16(15(19)11-13)20-9-5-4-8-12-6-2-1-3-7-12/h1-3,6-7,10-11,20H,4-5,8-9H2. The van der Waals surface area contributed by atoms with Crippen LogP contribution in [0.1, 0.15) is 18.4 Å². The average Bonchev–Trinajstić information content (AvgIpc) is 2.42. The van der Waals surface area contributed by atoms with Crippen LogP contribution in [-0.2, 0) is 6.42 Å². The predicted molar refractivity (Wildman–Crippen MR) is 97.4 cm³/mol. The number of anilines is 1. The summed E-state index contributed by atoms with van der Waals surface area (Å²) in [5.74, 6) is 0. The van der Waals surface area contributed by atoms with E-state index in [-0.39, 0.29) is 0 Å². The van der Waals surface area contributed by atoms with Gasteiger partial charge in [0.15, 0.2) is 0 Å². The minimum Gasteiger partial charge on any atom is -0.383 e. The first-order valence-electron chi connectivity index (χ1n) is 6.59. The van der Waals surface area contributed by atoms with Crippen LogP contribution in [0.2, 0.25) is 0 Å². The highest BCUT2D eigenvalue weighted by molar-refractivity contribution is 9.11. The van der Waals surface area contributed by atoms with Crippen LogP contribution < -0.4 is 5.32 Å². The van der Waals surface area contributed by atoms with E-state index in [4.69, 9.17) is 0 Å². The van der Waals surface area contributed by atoms with Gasteiger partial charge < -0.3 is 5.32 Å². The third kappa shape index (κ3) is 4.90. The first-order valence-corrected chi connectivity index (χ1v) is 8.97. The average molecular weight is 462 g/mol. The normalized spacial score (nSPS) is 10.6. The molecule has 2 aromatic carbocycles. The van der Waals surface area contributed by atoms with Gasteiger partial charge in [0.25, 0.3) is 0 Å². The molecule has 0 radical (unpaired) electrons. The van der Waals surface area contributed by atoms with E-state index >= 15 is 0 Å². The van der Waals surface area contributed by atoms with Gasteiger partial charge in [0, 0.05) is 20.0 Å². The topological polar surface area (TPSA) is 12.0 Å². The maximum absolute atomic E-state index is 3.58. The van der Waals surface area contributed by atoms with Gasteiger partial charge in [-0.1, -0.05) is 46.3 Å². The number of unbranched alkanes of at least 4 members (excludes halogenated alkanes) is 1. The van der Waals surface area contributed by atoms with E-state index in [9.17, 15) is 0 Å². The Hall–Kier alpha value is -0.320. The molecule has 1 nitrogen and oxygen atoms in total. The van der Waals surface area contributed by atoms with Crippen molar-refractivity contribution in [3.05, 3.63) is 61.4 Å². The summed E-state index contributed by atoms with van der Waals surface area (Å²) in [6.07, 6.45) is 3.50. The SMILES string of the molecule is Brc1cc(Br)c(NCCCCc2ccccc2)c(Br)c1. The molecule has 0 aromatic heterocycles. The lowest BCUT2D eigenvalue weighted by atomic mass is 10.1.